The van der Waals surface area contributed by atoms with Crippen LogP contribution in [0, 0.1) is 0 Å². The normalized spacial score (nSPS) is 21.8. The van der Waals surface area contributed by atoms with E-state index in [0.29, 0.717) is 24.5 Å². The van der Waals surface area contributed by atoms with E-state index >= 15 is 0 Å². The van der Waals surface area contributed by atoms with Gasteiger partial charge >= 0.3 is 0 Å². The number of halogens is 1. The second-order valence-electron chi connectivity index (χ2n) is 4.97. The van der Waals surface area contributed by atoms with Crippen LogP contribution < -0.4 is 11.1 Å². The summed E-state index contributed by atoms with van der Waals surface area (Å²) in [5.74, 6) is 1.02. The second-order valence-corrected chi connectivity index (χ2v) is 5.40. The van der Waals surface area contributed by atoms with Crippen LogP contribution in [0.25, 0.3) is 0 Å². The van der Waals surface area contributed by atoms with Gasteiger partial charge in [-0.15, -0.1) is 0 Å². The van der Waals surface area contributed by atoms with Crippen LogP contribution in [0.2, 0.25) is 5.02 Å². The summed E-state index contributed by atoms with van der Waals surface area (Å²) >= 11 is 6.00. The number of hydrogen-bond donors (Lipinski definition) is 2. The van der Waals surface area contributed by atoms with Crippen molar-refractivity contribution in [3.8, 4) is 0 Å². The predicted octanol–water partition coefficient (Wildman–Crippen LogP) is 2.53. The lowest BCUT2D eigenvalue weighted by atomic mass is 10.1. The second kappa shape index (κ2) is 7.50. The lowest BCUT2D eigenvalue weighted by Gasteiger charge is -2.06. The fourth-order valence-corrected chi connectivity index (χ4v) is 2.40. The zero-order valence-electron chi connectivity index (χ0n) is 11.8. The van der Waals surface area contributed by atoms with E-state index in [0.717, 1.165) is 31.1 Å². The molecule has 20 heavy (non-hydrogen) atoms. The first-order chi connectivity index (χ1) is 9.70. The molecule has 1 aromatic rings. The Balaban J connectivity index is 1.71. The topological polar surface area (TPSA) is 59.6 Å². The fourth-order valence-electron chi connectivity index (χ4n) is 2.21. The number of hydrogen-bond acceptors (Lipinski definition) is 2. The molecule has 0 amide bonds. The number of nitrogens with one attached hydrogen (secondary N) is 1. The van der Waals surface area contributed by atoms with Crippen LogP contribution in [0.3, 0.4) is 0 Å². The SMILES string of the molecule is CCOCCCN=C(N)NC1CC1c1cccc(Cl)c1. The Morgan fingerprint density at radius 1 is 1.55 bits per heavy atom. The number of guanidine groups is 1. The van der Waals surface area contributed by atoms with Crippen LogP contribution in [-0.4, -0.2) is 31.8 Å². The zero-order chi connectivity index (χ0) is 14.4. The Bertz CT molecular complexity index is 464. The summed E-state index contributed by atoms with van der Waals surface area (Å²) in [4.78, 5) is 4.30. The summed E-state index contributed by atoms with van der Waals surface area (Å²) in [6.45, 7) is 4.18. The van der Waals surface area contributed by atoms with Gasteiger partial charge in [0.2, 0.25) is 0 Å². The maximum absolute atomic E-state index is 6.00. The molecule has 0 aliphatic heterocycles. The Kier molecular flexibility index (Phi) is 5.68. The van der Waals surface area contributed by atoms with E-state index in [4.69, 9.17) is 22.1 Å². The molecule has 1 fully saturated rings. The van der Waals surface area contributed by atoms with Gasteiger partial charge < -0.3 is 15.8 Å². The number of ether oxygens (including phenoxy) is 1. The minimum atomic E-state index is 0.379. The van der Waals surface area contributed by atoms with Gasteiger partial charge in [0.15, 0.2) is 5.96 Å². The van der Waals surface area contributed by atoms with E-state index in [1.165, 1.54) is 5.56 Å². The molecule has 2 rings (SSSR count). The number of benzene rings is 1. The van der Waals surface area contributed by atoms with Crippen molar-refractivity contribution in [1.29, 1.82) is 0 Å². The van der Waals surface area contributed by atoms with Gasteiger partial charge in [-0.1, -0.05) is 23.7 Å². The molecule has 2 unspecified atom stereocenters. The molecule has 5 heteroatoms. The molecule has 0 heterocycles. The highest BCUT2D eigenvalue weighted by atomic mass is 35.5. The van der Waals surface area contributed by atoms with Crippen molar-refractivity contribution < 1.29 is 4.74 Å². The van der Waals surface area contributed by atoms with Gasteiger partial charge in [-0.05, 0) is 37.5 Å². The van der Waals surface area contributed by atoms with Crippen LogP contribution in [0.15, 0.2) is 29.3 Å². The smallest absolute Gasteiger partial charge is 0.188 e. The molecule has 0 spiro atoms. The summed E-state index contributed by atoms with van der Waals surface area (Å²) < 4.78 is 5.25. The van der Waals surface area contributed by atoms with E-state index < -0.39 is 0 Å². The molecule has 0 saturated heterocycles. The molecule has 3 N–H and O–H groups in total. The maximum Gasteiger partial charge on any atom is 0.188 e. The molecule has 2 atom stereocenters. The molecule has 110 valence electrons. The van der Waals surface area contributed by atoms with E-state index in [1.807, 2.05) is 25.1 Å². The monoisotopic (exact) mass is 295 g/mol. The lowest BCUT2D eigenvalue weighted by molar-refractivity contribution is 0.146. The molecule has 1 saturated carbocycles. The summed E-state index contributed by atoms with van der Waals surface area (Å²) in [5.41, 5.74) is 7.13. The van der Waals surface area contributed by atoms with E-state index in [9.17, 15) is 0 Å². The van der Waals surface area contributed by atoms with Crippen LogP contribution in [0.5, 0.6) is 0 Å². The van der Waals surface area contributed by atoms with E-state index in [1.54, 1.807) is 0 Å². The largest absolute Gasteiger partial charge is 0.382 e. The molecular formula is C15H22ClN3O. The number of aliphatic imine (C=N–C) groups is 1. The molecule has 1 aliphatic rings. The van der Waals surface area contributed by atoms with Crippen molar-refractivity contribution in [2.45, 2.75) is 31.7 Å². The molecule has 4 nitrogen and oxygen atoms in total. The fraction of sp³-hybridized carbons (Fsp3) is 0.533. The Labute approximate surface area is 125 Å². The van der Waals surface area contributed by atoms with Crippen molar-refractivity contribution in [3.63, 3.8) is 0 Å². The van der Waals surface area contributed by atoms with Crippen LogP contribution in [0.1, 0.15) is 31.2 Å². The molecule has 0 aromatic heterocycles. The van der Waals surface area contributed by atoms with Crippen LogP contribution >= 0.6 is 11.6 Å². The highest BCUT2D eigenvalue weighted by Crippen LogP contribution is 2.41. The van der Waals surface area contributed by atoms with Gasteiger partial charge in [0.25, 0.3) is 0 Å². The third-order valence-corrected chi connectivity index (χ3v) is 3.57. The zero-order valence-corrected chi connectivity index (χ0v) is 12.6. The van der Waals surface area contributed by atoms with Crippen molar-refractivity contribution >= 4 is 17.6 Å². The highest BCUT2D eigenvalue weighted by Gasteiger charge is 2.38. The Hall–Kier alpha value is -1.26. The van der Waals surface area contributed by atoms with Gasteiger partial charge in [0.05, 0.1) is 0 Å². The van der Waals surface area contributed by atoms with Crippen molar-refractivity contribution in [3.05, 3.63) is 34.9 Å². The number of nitrogens with two attached hydrogens (primary N) is 1. The molecule has 0 radical (unpaired) electrons. The van der Waals surface area contributed by atoms with Gasteiger partial charge in [-0.25, -0.2) is 0 Å². The van der Waals surface area contributed by atoms with Crippen molar-refractivity contribution in [2.24, 2.45) is 10.7 Å². The summed E-state index contributed by atoms with van der Waals surface area (Å²) in [5, 5.41) is 4.04. The number of nitrogens with zero attached hydrogens (tertiary/aromatic N) is 1. The van der Waals surface area contributed by atoms with Gasteiger partial charge in [0.1, 0.15) is 0 Å². The maximum atomic E-state index is 6.00. The average molecular weight is 296 g/mol. The van der Waals surface area contributed by atoms with Gasteiger partial charge in [-0.3, -0.25) is 4.99 Å². The van der Waals surface area contributed by atoms with Crippen molar-refractivity contribution in [2.75, 3.05) is 19.8 Å². The average Bonchev–Trinajstić information content (AvgIpc) is 3.18. The number of rotatable bonds is 7. The van der Waals surface area contributed by atoms with Crippen LogP contribution in [-0.2, 0) is 4.74 Å². The van der Waals surface area contributed by atoms with Gasteiger partial charge in [-0.2, -0.15) is 0 Å². The highest BCUT2D eigenvalue weighted by molar-refractivity contribution is 6.30. The molecule has 1 aromatic carbocycles. The summed E-state index contributed by atoms with van der Waals surface area (Å²) in [7, 11) is 0. The Morgan fingerprint density at radius 2 is 2.40 bits per heavy atom. The summed E-state index contributed by atoms with van der Waals surface area (Å²) in [6.07, 6.45) is 1.98. The first kappa shape index (κ1) is 15.1. The molecule has 0 bridgehead atoms. The molecular weight excluding hydrogens is 274 g/mol. The first-order valence-electron chi connectivity index (χ1n) is 7.10. The third-order valence-electron chi connectivity index (χ3n) is 3.33. The summed E-state index contributed by atoms with van der Waals surface area (Å²) in [6, 6.07) is 8.38. The quantitative estimate of drug-likeness (QED) is 0.462. The van der Waals surface area contributed by atoms with Crippen LogP contribution in [0.4, 0.5) is 0 Å². The van der Waals surface area contributed by atoms with E-state index in [-0.39, 0.29) is 0 Å². The minimum absolute atomic E-state index is 0.379. The molecule has 1 aliphatic carbocycles. The first-order valence-corrected chi connectivity index (χ1v) is 7.48. The van der Waals surface area contributed by atoms with Crippen molar-refractivity contribution in [1.82, 2.24) is 5.32 Å². The van der Waals surface area contributed by atoms with Gasteiger partial charge in [0, 0.05) is 36.7 Å². The van der Waals surface area contributed by atoms with E-state index in [2.05, 4.69) is 16.4 Å². The third kappa shape index (κ3) is 4.69. The lowest BCUT2D eigenvalue weighted by Crippen LogP contribution is -2.34. The minimum Gasteiger partial charge on any atom is -0.382 e. The standard InChI is InChI=1S/C15H22ClN3O/c1-2-20-8-4-7-18-15(17)19-14-10-13(14)11-5-3-6-12(16)9-11/h3,5-6,9,13-14H,2,4,7-8,10H2,1H3,(H3,17,18,19). The predicted molar refractivity (Wildman–Crippen MR) is 83.3 cm³/mol. The Morgan fingerprint density at radius 3 is 3.15 bits per heavy atom.